The van der Waals surface area contributed by atoms with Crippen LogP contribution in [0.25, 0.3) is 6.08 Å². The number of nitrogens with zero attached hydrogens (tertiary/aromatic N) is 1. The van der Waals surface area contributed by atoms with Crippen molar-refractivity contribution in [3.05, 3.63) is 58.9 Å². The van der Waals surface area contributed by atoms with Crippen molar-refractivity contribution in [3.8, 4) is 5.75 Å². The minimum Gasteiger partial charge on any atom is -0.456 e. The van der Waals surface area contributed by atoms with Crippen LogP contribution in [0.2, 0.25) is 0 Å². The van der Waals surface area contributed by atoms with Gasteiger partial charge in [0.15, 0.2) is 0 Å². The molecule has 0 aromatic heterocycles. The normalized spacial score (nSPS) is 21.2. The molecule has 4 rings (SSSR count). The monoisotopic (exact) mass is 353 g/mol. The highest BCUT2D eigenvalue weighted by molar-refractivity contribution is 7.45. The third kappa shape index (κ3) is 3.24. The van der Waals surface area contributed by atoms with Crippen LogP contribution in [0, 0.1) is 0 Å². The fourth-order valence-electron chi connectivity index (χ4n) is 3.04. The summed E-state index contributed by atoms with van der Waals surface area (Å²) >= 11 is 0. The molecule has 1 aromatic rings. The number of ether oxygens (including phenoxy) is 1. The van der Waals surface area contributed by atoms with Crippen LogP contribution in [0.15, 0.2) is 52.7 Å². The van der Waals surface area contributed by atoms with Crippen LogP contribution < -0.4 is 15.4 Å². The minimum atomic E-state index is -0.0584. The van der Waals surface area contributed by atoms with E-state index in [0.717, 1.165) is 23.5 Å². The predicted octanol–water partition coefficient (Wildman–Crippen LogP) is 2.90. The van der Waals surface area contributed by atoms with Gasteiger partial charge in [0.2, 0.25) is 5.91 Å². The molecule has 0 fully saturated rings. The Morgan fingerprint density at radius 3 is 3.16 bits per heavy atom. The number of carbonyl (C=O) groups excluding carboxylic acids is 1. The maximum atomic E-state index is 12.4. The highest BCUT2D eigenvalue weighted by atomic mass is 31.1. The van der Waals surface area contributed by atoms with Crippen LogP contribution in [0.3, 0.4) is 0 Å². The van der Waals surface area contributed by atoms with Crippen LogP contribution in [0.4, 0.5) is 0 Å². The Hall–Kier alpha value is -2.39. The number of fused-ring (bicyclic) bond motifs is 2. The summed E-state index contributed by atoms with van der Waals surface area (Å²) in [5.74, 6) is 1.58. The fraction of sp³-hybridized carbons (Fsp3) is 0.263. The molecule has 2 N–H and O–H groups in total. The van der Waals surface area contributed by atoms with Gasteiger partial charge in [-0.05, 0) is 52.1 Å². The molecule has 2 unspecified atom stereocenters. The summed E-state index contributed by atoms with van der Waals surface area (Å²) in [7, 11) is 0.331. The second kappa shape index (κ2) is 6.49. The molecular formula is C19H20N3O2P. The number of benzene rings is 1. The zero-order valence-electron chi connectivity index (χ0n) is 14.2. The Morgan fingerprint density at radius 2 is 2.32 bits per heavy atom. The van der Waals surface area contributed by atoms with Crippen molar-refractivity contribution in [2.24, 2.45) is 4.99 Å². The molecule has 1 amide bonds. The predicted molar refractivity (Wildman–Crippen MR) is 102 cm³/mol. The summed E-state index contributed by atoms with van der Waals surface area (Å²) in [4.78, 5) is 16.7. The quantitative estimate of drug-likeness (QED) is 0.818. The molecule has 2 aliphatic heterocycles. The first kappa shape index (κ1) is 16.1. The second-order valence-corrected chi connectivity index (χ2v) is 7.89. The molecule has 0 spiro atoms. The first-order valence-corrected chi connectivity index (χ1v) is 9.47. The summed E-state index contributed by atoms with van der Waals surface area (Å²) < 4.78 is 6.06. The van der Waals surface area contributed by atoms with Crippen LogP contribution in [0.5, 0.6) is 5.75 Å². The van der Waals surface area contributed by atoms with Crippen molar-refractivity contribution in [2.45, 2.75) is 32.0 Å². The van der Waals surface area contributed by atoms with E-state index in [1.165, 1.54) is 11.1 Å². The van der Waals surface area contributed by atoms with Crippen molar-refractivity contribution < 1.29 is 9.53 Å². The van der Waals surface area contributed by atoms with Gasteiger partial charge in [-0.2, -0.15) is 0 Å². The Kier molecular flexibility index (Phi) is 4.18. The van der Waals surface area contributed by atoms with Crippen LogP contribution >= 0.6 is 8.58 Å². The molecule has 3 aliphatic rings. The van der Waals surface area contributed by atoms with Gasteiger partial charge in [0.25, 0.3) is 0 Å². The Bertz CT molecular complexity index is 852. The number of aliphatic imine (C=N–C) groups is 1. The van der Waals surface area contributed by atoms with Crippen LogP contribution in [-0.2, 0) is 11.2 Å². The minimum absolute atomic E-state index is 0.0481. The van der Waals surface area contributed by atoms with E-state index >= 15 is 0 Å². The Labute approximate surface area is 148 Å². The largest absolute Gasteiger partial charge is 0.456 e. The van der Waals surface area contributed by atoms with E-state index in [2.05, 4.69) is 39.9 Å². The first-order chi connectivity index (χ1) is 12.1. The number of hydrogen-bond donors (Lipinski definition) is 2. The molecule has 1 aliphatic carbocycles. The molecule has 2 atom stereocenters. The van der Waals surface area contributed by atoms with E-state index in [1.807, 2.05) is 26.1 Å². The van der Waals surface area contributed by atoms with E-state index in [4.69, 9.17) is 4.74 Å². The van der Waals surface area contributed by atoms with E-state index in [1.54, 1.807) is 6.20 Å². The number of amides is 1. The lowest BCUT2D eigenvalue weighted by Crippen LogP contribution is -2.38. The third-order valence-electron chi connectivity index (χ3n) is 4.23. The molecule has 2 heterocycles. The standard InChI is InChI=1S/C19H20N3O2P/c1-11(2)22-19(23)15-9-20-18-17(15)25-16(10-21-18)24-14-7-6-12-4-3-5-13(12)8-14/h3,5-11,17,25H,4H2,1-2H3,(H,20,21)(H,22,23). The molecule has 1 aromatic carbocycles. The van der Waals surface area contributed by atoms with Gasteiger partial charge in [-0.25, -0.2) is 4.99 Å². The fourth-order valence-corrected chi connectivity index (χ4v) is 4.31. The second-order valence-electron chi connectivity index (χ2n) is 6.53. The number of amidine groups is 1. The molecular weight excluding hydrogens is 333 g/mol. The van der Waals surface area contributed by atoms with Crippen LogP contribution in [0.1, 0.15) is 25.0 Å². The SMILES string of the molecule is CC(C)NC(=O)C1=CN=C2NC=C(Oc3ccc4c(c3)C=CC4)PC12. The van der Waals surface area contributed by atoms with Gasteiger partial charge in [-0.15, -0.1) is 0 Å². The smallest absolute Gasteiger partial charge is 0.250 e. The van der Waals surface area contributed by atoms with Crippen molar-refractivity contribution in [1.29, 1.82) is 0 Å². The van der Waals surface area contributed by atoms with Crippen molar-refractivity contribution in [1.82, 2.24) is 10.6 Å². The number of rotatable bonds is 4. The Balaban J connectivity index is 1.47. The summed E-state index contributed by atoms with van der Waals surface area (Å²) in [6, 6.07) is 6.26. The van der Waals surface area contributed by atoms with Gasteiger partial charge in [-0.1, -0.05) is 18.2 Å². The lowest BCUT2D eigenvalue weighted by Gasteiger charge is -2.24. The average molecular weight is 353 g/mol. The number of allylic oxidation sites excluding steroid dienone is 1. The topological polar surface area (TPSA) is 62.7 Å². The number of hydrogen-bond acceptors (Lipinski definition) is 4. The van der Waals surface area contributed by atoms with Crippen molar-refractivity contribution >= 4 is 26.4 Å². The van der Waals surface area contributed by atoms with Gasteiger partial charge in [0.05, 0.1) is 11.2 Å². The lowest BCUT2D eigenvalue weighted by atomic mass is 10.1. The summed E-state index contributed by atoms with van der Waals surface area (Å²) in [6.07, 6.45) is 8.77. The molecule has 128 valence electrons. The van der Waals surface area contributed by atoms with Crippen LogP contribution in [-0.4, -0.2) is 23.4 Å². The third-order valence-corrected chi connectivity index (χ3v) is 5.63. The van der Waals surface area contributed by atoms with E-state index in [0.29, 0.717) is 14.2 Å². The number of nitrogens with one attached hydrogen (secondary N) is 2. The summed E-state index contributed by atoms with van der Waals surface area (Å²) in [5, 5.41) is 6.10. The maximum Gasteiger partial charge on any atom is 0.250 e. The summed E-state index contributed by atoms with van der Waals surface area (Å²) in [5.41, 5.74) is 4.02. The van der Waals surface area contributed by atoms with Crippen molar-refractivity contribution in [3.63, 3.8) is 0 Å². The van der Waals surface area contributed by atoms with E-state index in [9.17, 15) is 4.79 Å². The van der Waals surface area contributed by atoms with Gasteiger partial charge < -0.3 is 15.4 Å². The molecule has 5 nitrogen and oxygen atoms in total. The highest BCUT2D eigenvalue weighted by Crippen LogP contribution is 2.40. The molecule has 6 heteroatoms. The van der Waals surface area contributed by atoms with Crippen molar-refractivity contribution in [2.75, 3.05) is 0 Å². The van der Waals surface area contributed by atoms with Gasteiger partial charge >= 0.3 is 0 Å². The zero-order chi connectivity index (χ0) is 17.4. The highest BCUT2D eigenvalue weighted by Gasteiger charge is 2.33. The Morgan fingerprint density at radius 1 is 1.44 bits per heavy atom. The van der Waals surface area contributed by atoms with E-state index in [-0.39, 0.29) is 17.6 Å². The van der Waals surface area contributed by atoms with Gasteiger partial charge in [0, 0.05) is 18.4 Å². The maximum absolute atomic E-state index is 12.4. The van der Waals surface area contributed by atoms with Gasteiger partial charge in [-0.3, -0.25) is 4.79 Å². The van der Waals surface area contributed by atoms with Gasteiger partial charge in [0.1, 0.15) is 17.1 Å². The number of carbonyl (C=O) groups is 1. The zero-order valence-corrected chi connectivity index (χ0v) is 15.2. The molecule has 0 bridgehead atoms. The molecule has 25 heavy (non-hydrogen) atoms. The summed E-state index contributed by atoms with van der Waals surface area (Å²) in [6.45, 7) is 3.90. The molecule has 0 saturated carbocycles. The average Bonchev–Trinajstić information content (AvgIpc) is 3.19. The lowest BCUT2D eigenvalue weighted by molar-refractivity contribution is -0.117. The van der Waals surface area contributed by atoms with E-state index < -0.39 is 0 Å². The first-order valence-electron chi connectivity index (χ1n) is 8.39. The molecule has 0 saturated heterocycles. The molecule has 0 radical (unpaired) electrons.